The van der Waals surface area contributed by atoms with Crippen molar-refractivity contribution >= 4 is 11.6 Å². The average Bonchev–Trinajstić information content (AvgIpc) is 2.97. The van der Waals surface area contributed by atoms with Crippen LogP contribution in [0, 0.1) is 0 Å². The zero-order chi connectivity index (χ0) is 15.5. The van der Waals surface area contributed by atoms with E-state index in [4.69, 9.17) is 11.6 Å². The highest BCUT2D eigenvalue weighted by molar-refractivity contribution is 6.31. The number of nitrogens with zero attached hydrogens (tertiary/aromatic N) is 3. The van der Waals surface area contributed by atoms with Crippen LogP contribution < -0.4 is 5.32 Å². The monoisotopic (exact) mass is 326 g/mol. The van der Waals surface area contributed by atoms with E-state index in [0.717, 1.165) is 30.2 Å². The van der Waals surface area contributed by atoms with Crippen LogP contribution in [0.5, 0.6) is 0 Å². The Morgan fingerprint density at radius 3 is 2.86 bits per heavy atom. The van der Waals surface area contributed by atoms with Gasteiger partial charge >= 0.3 is 6.55 Å². The van der Waals surface area contributed by atoms with Crippen molar-refractivity contribution in [3.05, 3.63) is 52.8 Å². The number of alkyl halides is 2. The zero-order valence-electron chi connectivity index (χ0n) is 11.9. The Kier molecular flexibility index (Phi) is 4.71. The molecule has 0 amide bonds. The lowest BCUT2D eigenvalue weighted by atomic mass is 10.0. The van der Waals surface area contributed by atoms with Crippen LogP contribution in [0.3, 0.4) is 0 Å². The number of benzene rings is 1. The second-order valence-electron chi connectivity index (χ2n) is 5.28. The summed E-state index contributed by atoms with van der Waals surface area (Å²) in [5.41, 5.74) is 1.68. The Morgan fingerprint density at radius 1 is 1.32 bits per heavy atom. The van der Waals surface area contributed by atoms with Crippen molar-refractivity contribution < 1.29 is 8.78 Å². The molecule has 1 aromatic heterocycles. The van der Waals surface area contributed by atoms with Crippen molar-refractivity contribution in [3.8, 4) is 0 Å². The van der Waals surface area contributed by atoms with E-state index >= 15 is 0 Å². The third-order valence-electron chi connectivity index (χ3n) is 3.85. The maximum absolute atomic E-state index is 12.6. The first-order valence-corrected chi connectivity index (χ1v) is 7.54. The van der Waals surface area contributed by atoms with Gasteiger partial charge in [-0.3, -0.25) is 4.90 Å². The highest BCUT2D eigenvalue weighted by Gasteiger charge is 2.26. The van der Waals surface area contributed by atoms with E-state index in [0.29, 0.717) is 16.9 Å². The lowest BCUT2D eigenvalue weighted by Gasteiger charge is -2.36. The molecule has 0 bridgehead atoms. The molecule has 1 aliphatic heterocycles. The molecule has 0 aliphatic carbocycles. The van der Waals surface area contributed by atoms with E-state index in [-0.39, 0.29) is 6.04 Å². The van der Waals surface area contributed by atoms with Gasteiger partial charge in [-0.15, -0.1) is 0 Å². The van der Waals surface area contributed by atoms with Crippen LogP contribution >= 0.6 is 11.6 Å². The third kappa shape index (κ3) is 3.29. The minimum Gasteiger partial charge on any atom is -0.314 e. The maximum atomic E-state index is 12.6. The molecule has 1 unspecified atom stereocenters. The third-order valence-corrected chi connectivity index (χ3v) is 4.19. The van der Waals surface area contributed by atoms with Gasteiger partial charge in [-0.05, 0) is 17.7 Å². The highest BCUT2D eigenvalue weighted by Crippen LogP contribution is 2.29. The first-order valence-electron chi connectivity index (χ1n) is 7.16. The molecule has 2 aromatic rings. The van der Waals surface area contributed by atoms with Gasteiger partial charge in [0.05, 0.1) is 5.69 Å². The number of hydrogen-bond acceptors (Lipinski definition) is 3. The number of halogens is 3. The number of nitrogens with one attached hydrogen (secondary N) is 1. The molecular weight excluding hydrogens is 310 g/mol. The van der Waals surface area contributed by atoms with E-state index in [2.05, 4.69) is 15.3 Å². The van der Waals surface area contributed by atoms with Crippen LogP contribution in [0.25, 0.3) is 0 Å². The van der Waals surface area contributed by atoms with Gasteiger partial charge in [0.2, 0.25) is 0 Å². The molecule has 1 atom stereocenters. The topological polar surface area (TPSA) is 33.1 Å². The van der Waals surface area contributed by atoms with Crippen LogP contribution in [-0.2, 0) is 6.54 Å². The van der Waals surface area contributed by atoms with Crippen LogP contribution in [0.1, 0.15) is 23.8 Å². The summed E-state index contributed by atoms with van der Waals surface area (Å²) in [6.07, 6.45) is 1.31. The quantitative estimate of drug-likeness (QED) is 0.937. The standard InChI is InChI=1S/C15H17ClF2N4/c16-13-4-2-1-3-12(13)14-9-19-6-8-21(14)10-11-5-7-22(20-11)15(17)18/h1-5,7,14-15,19H,6,8-10H2. The minimum atomic E-state index is -2.60. The first kappa shape index (κ1) is 15.4. The van der Waals surface area contributed by atoms with E-state index in [1.54, 1.807) is 6.07 Å². The van der Waals surface area contributed by atoms with E-state index < -0.39 is 6.55 Å². The van der Waals surface area contributed by atoms with Gasteiger partial charge in [-0.25, -0.2) is 4.68 Å². The molecule has 0 radical (unpaired) electrons. The number of hydrogen-bond donors (Lipinski definition) is 1. The van der Waals surface area contributed by atoms with Gasteiger partial charge in [-0.1, -0.05) is 29.8 Å². The van der Waals surface area contributed by atoms with Crippen LogP contribution in [0.15, 0.2) is 36.5 Å². The highest BCUT2D eigenvalue weighted by atomic mass is 35.5. The van der Waals surface area contributed by atoms with Crippen molar-refractivity contribution in [1.29, 1.82) is 0 Å². The van der Waals surface area contributed by atoms with Gasteiger partial charge in [0.25, 0.3) is 0 Å². The fourth-order valence-electron chi connectivity index (χ4n) is 2.77. The first-order chi connectivity index (χ1) is 10.6. The molecule has 118 valence electrons. The SMILES string of the molecule is FC(F)n1ccc(CN2CCNCC2c2ccccc2Cl)n1. The van der Waals surface area contributed by atoms with Crippen molar-refractivity contribution in [1.82, 2.24) is 20.0 Å². The summed E-state index contributed by atoms with van der Waals surface area (Å²) in [4.78, 5) is 2.22. The number of piperazine rings is 1. The van der Waals surface area contributed by atoms with E-state index in [9.17, 15) is 8.78 Å². The second-order valence-corrected chi connectivity index (χ2v) is 5.68. The molecule has 1 aromatic carbocycles. The molecule has 7 heteroatoms. The van der Waals surface area contributed by atoms with Gasteiger partial charge in [-0.2, -0.15) is 13.9 Å². The molecule has 2 heterocycles. The molecule has 1 fully saturated rings. The van der Waals surface area contributed by atoms with E-state index in [1.807, 2.05) is 24.3 Å². The largest absolute Gasteiger partial charge is 0.333 e. The molecule has 3 rings (SSSR count). The predicted octanol–water partition coefficient (Wildman–Crippen LogP) is 3.08. The van der Waals surface area contributed by atoms with Gasteiger partial charge < -0.3 is 5.32 Å². The van der Waals surface area contributed by atoms with Crippen molar-refractivity contribution in [3.63, 3.8) is 0 Å². The fraction of sp³-hybridized carbons (Fsp3) is 0.400. The fourth-order valence-corrected chi connectivity index (χ4v) is 3.03. The summed E-state index contributed by atoms with van der Waals surface area (Å²) in [6, 6.07) is 9.48. The average molecular weight is 327 g/mol. The normalized spacial score (nSPS) is 19.7. The molecule has 1 saturated heterocycles. The van der Waals surface area contributed by atoms with Crippen molar-refractivity contribution in [2.24, 2.45) is 0 Å². The molecular formula is C15H17ClF2N4. The predicted molar refractivity (Wildman–Crippen MR) is 81.0 cm³/mol. The summed E-state index contributed by atoms with van der Waals surface area (Å²) >= 11 is 6.30. The Morgan fingerprint density at radius 2 is 2.14 bits per heavy atom. The van der Waals surface area contributed by atoms with Crippen LogP contribution in [-0.4, -0.2) is 34.3 Å². The van der Waals surface area contributed by atoms with Gasteiger partial charge in [0, 0.05) is 43.4 Å². The lowest BCUT2D eigenvalue weighted by molar-refractivity contribution is 0.0554. The molecule has 1 N–H and O–H groups in total. The Bertz CT molecular complexity index is 632. The van der Waals surface area contributed by atoms with Gasteiger partial charge in [0.15, 0.2) is 0 Å². The summed E-state index contributed by atoms with van der Waals surface area (Å²) in [6.45, 7) is 0.376. The molecule has 22 heavy (non-hydrogen) atoms. The molecule has 0 saturated carbocycles. The summed E-state index contributed by atoms with van der Waals surface area (Å²) in [7, 11) is 0. The van der Waals surface area contributed by atoms with Crippen LogP contribution in [0.4, 0.5) is 8.78 Å². The second kappa shape index (κ2) is 6.73. The maximum Gasteiger partial charge on any atom is 0.333 e. The molecule has 4 nitrogen and oxygen atoms in total. The lowest BCUT2D eigenvalue weighted by Crippen LogP contribution is -2.45. The summed E-state index contributed by atoms with van der Waals surface area (Å²) < 4.78 is 25.9. The van der Waals surface area contributed by atoms with Crippen molar-refractivity contribution in [2.45, 2.75) is 19.1 Å². The smallest absolute Gasteiger partial charge is 0.314 e. The minimum absolute atomic E-state index is 0.110. The Labute approximate surface area is 132 Å². The van der Waals surface area contributed by atoms with E-state index in [1.165, 1.54) is 6.20 Å². The molecule has 0 spiro atoms. The van der Waals surface area contributed by atoms with Gasteiger partial charge in [0.1, 0.15) is 0 Å². The Balaban J connectivity index is 1.79. The Hall–Kier alpha value is -1.50. The van der Waals surface area contributed by atoms with Crippen LogP contribution in [0.2, 0.25) is 5.02 Å². The summed E-state index contributed by atoms with van der Waals surface area (Å²) in [5, 5.41) is 8.00. The summed E-state index contributed by atoms with van der Waals surface area (Å²) in [5.74, 6) is 0. The number of aromatic nitrogens is 2. The molecule has 1 aliphatic rings. The number of rotatable bonds is 4. The van der Waals surface area contributed by atoms with Crippen molar-refractivity contribution in [2.75, 3.05) is 19.6 Å². The zero-order valence-corrected chi connectivity index (χ0v) is 12.7.